The van der Waals surface area contributed by atoms with Crippen molar-refractivity contribution in [3.8, 4) is 0 Å². The number of amides is 1. The van der Waals surface area contributed by atoms with Crippen molar-refractivity contribution in [3.63, 3.8) is 0 Å². The van der Waals surface area contributed by atoms with Gasteiger partial charge in [-0.3, -0.25) is 0 Å². The second-order valence-electron chi connectivity index (χ2n) is 8.32. The van der Waals surface area contributed by atoms with Gasteiger partial charge < -0.3 is 35.3 Å². The summed E-state index contributed by atoms with van der Waals surface area (Å²) >= 11 is 0. The zero-order valence-electron chi connectivity index (χ0n) is 21.4. The van der Waals surface area contributed by atoms with Crippen LogP contribution in [0.25, 0.3) is 27.3 Å². The number of benzene rings is 5. The molecule has 0 saturated carbocycles. The van der Waals surface area contributed by atoms with Crippen LogP contribution >= 0.6 is 0 Å². The van der Waals surface area contributed by atoms with Crippen LogP contribution in [-0.4, -0.2) is 15.4 Å². The van der Waals surface area contributed by atoms with Crippen LogP contribution in [-0.2, 0) is 26.2 Å². The zero-order valence-corrected chi connectivity index (χ0v) is 26.4. The Kier molecular flexibility index (Phi) is 15.5. The molecule has 6 aromatic carbocycles. The fraction of sp³-hybridized carbons (Fsp3) is 0.0303. The summed E-state index contributed by atoms with van der Waals surface area (Å²) in [5, 5.41) is 8.19. The first-order chi connectivity index (χ1) is 17.6. The summed E-state index contributed by atoms with van der Waals surface area (Å²) in [5.74, 6) is -0.613. The fourth-order valence-corrected chi connectivity index (χ4v) is 4.99. The molecule has 0 spiro atoms. The summed E-state index contributed by atoms with van der Waals surface area (Å²) in [4.78, 5) is 10.5. The number of nitrogens with one attached hydrogen (secondary N) is 1. The summed E-state index contributed by atoms with van der Waals surface area (Å²) in [6, 6.07) is 47.5. The van der Waals surface area contributed by atoms with Gasteiger partial charge in [-0.05, 0) is 12.5 Å². The van der Waals surface area contributed by atoms with Crippen molar-refractivity contribution in [2.45, 2.75) is 6.92 Å². The van der Waals surface area contributed by atoms with Gasteiger partial charge in [0.15, 0.2) is 0 Å². The Morgan fingerprint density at radius 2 is 0.974 bits per heavy atom. The maximum atomic E-state index is 10.5. The Bertz CT molecular complexity index is 1470. The zero-order chi connectivity index (χ0) is 25.2. The van der Waals surface area contributed by atoms with Crippen molar-refractivity contribution in [2.75, 3.05) is 0 Å². The van der Waals surface area contributed by atoms with E-state index in [1.165, 1.54) is 31.9 Å². The third-order valence-corrected chi connectivity index (χ3v) is 6.99. The van der Waals surface area contributed by atoms with Crippen molar-refractivity contribution >= 4 is 47.3 Å². The third kappa shape index (κ3) is 9.98. The largest absolute Gasteiger partial charge is 4.00 e. The van der Waals surface area contributed by atoms with Crippen LogP contribution < -0.4 is 35.2 Å². The maximum Gasteiger partial charge on any atom is 4.00 e. The van der Waals surface area contributed by atoms with E-state index in [9.17, 15) is 4.79 Å². The van der Waals surface area contributed by atoms with Gasteiger partial charge >= 0.3 is 26.2 Å². The van der Waals surface area contributed by atoms with E-state index in [0.717, 1.165) is 15.1 Å². The number of aryl methyl sites for hydroxylation is 1. The molecule has 0 unspecified atom stereocenters. The van der Waals surface area contributed by atoms with Crippen LogP contribution in [0.1, 0.15) is 15.9 Å². The molecular formula is C33H27Cl2NOSiZr. The molecule has 6 aromatic rings. The standard InChI is InChI=1S/C13H9.C12H10Si.C8H9NO.2ClH.Zr/c1-3-7-12-10(5-1)9-11-6-2-4-8-13(11)12;1-3-7-11(8-4-1)13-12-9-5-2-6-10-12;1-6-4-2-3-5-7(6)8(9)10;;;/h1-9H;1-10H;2-5H,1H3,(H2,9,10);2*1H;/q-1;;;;;+4/p-3. The van der Waals surface area contributed by atoms with Gasteiger partial charge in [0, 0.05) is 5.56 Å². The minimum absolute atomic E-state index is 0. The van der Waals surface area contributed by atoms with Gasteiger partial charge in [0.1, 0.15) is 9.52 Å². The van der Waals surface area contributed by atoms with E-state index in [-0.39, 0.29) is 51.0 Å². The predicted octanol–water partition coefficient (Wildman–Crippen LogP) is 1.25. The maximum absolute atomic E-state index is 10.5. The summed E-state index contributed by atoms with van der Waals surface area (Å²) in [7, 11) is 0.777. The minimum Gasteiger partial charge on any atom is -1.00 e. The van der Waals surface area contributed by atoms with E-state index >= 15 is 0 Å². The van der Waals surface area contributed by atoms with Gasteiger partial charge in [-0.15, -0.1) is 39.7 Å². The molecule has 0 aliphatic carbocycles. The molecule has 0 saturated heterocycles. The molecule has 1 amide bonds. The molecule has 0 fully saturated rings. The molecule has 0 aliphatic rings. The van der Waals surface area contributed by atoms with Crippen molar-refractivity contribution in [1.82, 2.24) is 0 Å². The molecule has 6 rings (SSSR count). The van der Waals surface area contributed by atoms with Gasteiger partial charge in [-0.25, -0.2) is 0 Å². The van der Waals surface area contributed by atoms with Gasteiger partial charge in [-0.2, -0.15) is 0 Å². The normalized spacial score (nSPS) is 9.36. The van der Waals surface area contributed by atoms with Crippen LogP contribution in [0.3, 0.4) is 0 Å². The van der Waals surface area contributed by atoms with Crippen molar-refractivity contribution in [3.05, 3.63) is 156 Å². The topological polar surface area (TPSA) is 40.9 Å². The number of carbonyl (C=O) groups excluding carboxylic acids is 1. The molecule has 192 valence electrons. The SMILES string of the molecule is Cc1ccccc1C([NH-])=O.[Cl-].[Cl-].[Zr+4].c1ccc([Si]c2ccccc2)cc1.c1ccc2c(c1)[cH-]c1ccccc12. The molecule has 2 nitrogen and oxygen atoms in total. The Morgan fingerprint density at radius 3 is 1.38 bits per heavy atom. The number of fused-ring (bicyclic) bond motifs is 3. The number of halogens is 2. The predicted molar refractivity (Wildman–Crippen MR) is 155 cm³/mol. The number of hydrogen-bond acceptors (Lipinski definition) is 1. The van der Waals surface area contributed by atoms with E-state index in [2.05, 4.69) is 115 Å². The summed E-state index contributed by atoms with van der Waals surface area (Å²) in [6.07, 6.45) is 0. The smallest absolute Gasteiger partial charge is 1.00 e. The van der Waals surface area contributed by atoms with Gasteiger partial charge in [0.05, 0.1) is 5.91 Å². The summed E-state index contributed by atoms with van der Waals surface area (Å²) in [6.45, 7) is 1.82. The van der Waals surface area contributed by atoms with Gasteiger partial charge in [-0.1, -0.05) is 132 Å². The Labute approximate surface area is 264 Å². The monoisotopic (exact) mass is 641 g/mol. The van der Waals surface area contributed by atoms with Crippen molar-refractivity contribution in [1.29, 1.82) is 0 Å². The second-order valence-corrected chi connectivity index (χ2v) is 9.72. The molecule has 39 heavy (non-hydrogen) atoms. The van der Waals surface area contributed by atoms with Gasteiger partial charge in [0.25, 0.3) is 0 Å². The Balaban J connectivity index is 0.000000285. The molecule has 6 heteroatoms. The fourth-order valence-electron chi connectivity index (χ4n) is 3.94. The Hall–Kier alpha value is -2.88. The average molecular weight is 644 g/mol. The average Bonchev–Trinajstić information content (AvgIpc) is 3.30. The third-order valence-electron chi connectivity index (χ3n) is 5.75. The Morgan fingerprint density at radius 1 is 0.590 bits per heavy atom. The molecule has 0 heterocycles. The number of rotatable bonds is 3. The van der Waals surface area contributed by atoms with Crippen LogP contribution in [0.5, 0.6) is 0 Å². The molecule has 0 atom stereocenters. The minimum atomic E-state index is -0.613. The van der Waals surface area contributed by atoms with Crippen molar-refractivity contribution < 1.29 is 55.8 Å². The molecular weight excluding hydrogens is 617 g/mol. The van der Waals surface area contributed by atoms with Crippen molar-refractivity contribution in [2.24, 2.45) is 0 Å². The van der Waals surface area contributed by atoms with E-state index in [1.807, 2.05) is 19.1 Å². The van der Waals surface area contributed by atoms with Crippen LogP contribution in [0.2, 0.25) is 0 Å². The summed E-state index contributed by atoms with van der Waals surface area (Å²) in [5.41, 5.74) is 8.17. The molecule has 0 aromatic heterocycles. The second kappa shape index (κ2) is 17.7. The van der Waals surface area contributed by atoms with Crippen LogP contribution in [0.15, 0.2) is 140 Å². The quantitative estimate of drug-likeness (QED) is 0.212. The van der Waals surface area contributed by atoms with E-state index in [0.29, 0.717) is 5.56 Å². The van der Waals surface area contributed by atoms with E-state index in [4.69, 9.17) is 5.73 Å². The molecule has 0 bridgehead atoms. The van der Waals surface area contributed by atoms with E-state index in [1.54, 1.807) is 12.1 Å². The molecule has 1 N–H and O–H groups in total. The molecule has 2 radical (unpaired) electrons. The van der Waals surface area contributed by atoms with Crippen LogP contribution in [0.4, 0.5) is 0 Å². The van der Waals surface area contributed by atoms with Gasteiger partial charge in [0.2, 0.25) is 0 Å². The number of hydrogen-bond donors (Lipinski definition) is 0. The first-order valence-electron chi connectivity index (χ1n) is 11.8. The number of carbonyl (C=O) groups is 1. The first-order valence-corrected chi connectivity index (χ1v) is 12.8. The van der Waals surface area contributed by atoms with Crippen LogP contribution in [0, 0.1) is 6.92 Å². The summed E-state index contributed by atoms with van der Waals surface area (Å²) < 4.78 is 0. The molecule has 0 aliphatic heterocycles. The van der Waals surface area contributed by atoms with E-state index < -0.39 is 5.91 Å². The first kappa shape index (κ1) is 34.1.